The first kappa shape index (κ1) is 15.3. The molecule has 0 atom stereocenters. The third kappa shape index (κ3) is 4.49. The normalized spacial score (nSPS) is 11.0. The Kier molecular flexibility index (Phi) is 6.48. The molecule has 0 radical (unpaired) electrons. The minimum Gasteiger partial charge on any atom is -0.357 e. The third-order valence-electron chi connectivity index (χ3n) is 2.88. The van der Waals surface area contributed by atoms with Crippen LogP contribution >= 0.6 is 11.6 Å². The SMILES string of the molecule is CCCc1cc(CCl)cc(N(CC)CC(C)C)n1. The maximum Gasteiger partial charge on any atom is 0.129 e. The molecule has 0 aliphatic heterocycles. The Balaban J connectivity index is 3.00. The maximum atomic E-state index is 5.98. The van der Waals surface area contributed by atoms with Gasteiger partial charge in [0.25, 0.3) is 0 Å². The second kappa shape index (κ2) is 7.63. The summed E-state index contributed by atoms with van der Waals surface area (Å²) < 4.78 is 0. The van der Waals surface area contributed by atoms with Crippen molar-refractivity contribution in [2.45, 2.75) is 46.4 Å². The highest BCUT2D eigenvalue weighted by atomic mass is 35.5. The van der Waals surface area contributed by atoms with Gasteiger partial charge in [0.1, 0.15) is 5.82 Å². The van der Waals surface area contributed by atoms with Crippen molar-refractivity contribution in [1.82, 2.24) is 4.98 Å². The number of halogens is 1. The van der Waals surface area contributed by atoms with Gasteiger partial charge >= 0.3 is 0 Å². The van der Waals surface area contributed by atoms with Gasteiger partial charge in [-0.05, 0) is 37.0 Å². The van der Waals surface area contributed by atoms with E-state index in [0.29, 0.717) is 11.8 Å². The van der Waals surface area contributed by atoms with Crippen LogP contribution in [0.3, 0.4) is 0 Å². The highest BCUT2D eigenvalue weighted by molar-refractivity contribution is 6.17. The molecule has 0 saturated carbocycles. The van der Waals surface area contributed by atoms with Crippen LogP contribution in [0.5, 0.6) is 0 Å². The standard InChI is InChI=1S/C15H25ClN2/c1-5-7-14-8-13(10-16)9-15(17-14)18(6-2)11-12(3)4/h8-9,12H,5-7,10-11H2,1-4H3. The molecule has 1 rings (SSSR count). The molecular formula is C15H25ClN2. The molecule has 0 aliphatic rings. The van der Waals surface area contributed by atoms with Gasteiger partial charge in [-0.25, -0.2) is 4.98 Å². The molecule has 0 fully saturated rings. The summed E-state index contributed by atoms with van der Waals surface area (Å²) in [5.41, 5.74) is 2.33. The van der Waals surface area contributed by atoms with E-state index < -0.39 is 0 Å². The van der Waals surface area contributed by atoms with Gasteiger partial charge in [-0.1, -0.05) is 27.2 Å². The van der Waals surface area contributed by atoms with E-state index in [9.17, 15) is 0 Å². The van der Waals surface area contributed by atoms with Crippen LogP contribution in [-0.4, -0.2) is 18.1 Å². The molecule has 0 bridgehead atoms. The molecule has 18 heavy (non-hydrogen) atoms. The van der Waals surface area contributed by atoms with E-state index in [2.05, 4.69) is 44.7 Å². The van der Waals surface area contributed by atoms with Gasteiger partial charge in [0.2, 0.25) is 0 Å². The molecule has 0 aromatic carbocycles. The van der Waals surface area contributed by atoms with Crippen molar-refractivity contribution in [3.63, 3.8) is 0 Å². The van der Waals surface area contributed by atoms with Crippen molar-refractivity contribution in [1.29, 1.82) is 0 Å². The van der Waals surface area contributed by atoms with E-state index in [-0.39, 0.29) is 0 Å². The molecule has 1 heterocycles. The molecule has 0 amide bonds. The molecule has 1 aromatic heterocycles. The van der Waals surface area contributed by atoms with Crippen molar-refractivity contribution in [2.24, 2.45) is 5.92 Å². The van der Waals surface area contributed by atoms with Crippen molar-refractivity contribution >= 4 is 17.4 Å². The number of hydrogen-bond donors (Lipinski definition) is 0. The number of alkyl halides is 1. The topological polar surface area (TPSA) is 16.1 Å². The van der Waals surface area contributed by atoms with Gasteiger partial charge in [-0.15, -0.1) is 11.6 Å². The lowest BCUT2D eigenvalue weighted by Gasteiger charge is -2.25. The molecule has 1 aromatic rings. The molecule has 3 heteroatoms. The number of rotatable bonds is 7. The summed E-state index contributed by atoms with van der Waals surface area (Å²) in [5.74, 6) is 2.28. The van der Waals surface area contributed by atoms with Gasteiger partial charge < -0.3 is 4.90 Å². The van der Waals surface area contributed by atoms with Crippen LogP contribution < -0.4 is 4.90 Å². The minimum atomic E-state index is 0.561. The first-order valence-corrected chi connectivity index (χ1v) is 7.44. The first-order chi connectivity index (χ1) is 8.60. The molecule has 0 unspecified atom stereocenters. The van der Waals surface area contributed by atoms with Crippen LogP contribution in [0.1, 0.15) is 45.4 Å². The Morgan fingerprint density at radius 2 is 2.00 bits per heavy atom. The van der Waals surface area contributed by atoms with Crippen LogP contribution in [0.4, 0.5) is 5.82 Å². The van der Waals surface area contributed by atoms with Crippen LogP contribution in [0, 0.1) is 5.92 Å². The monoisotopic (exact) mass is 268 g/mol. The predicted octanol–water partition coefficient (Wildman–Crippen LogP) is 4.26. The second-order valence-electron chi connectivity index (χ2n) is 5.14. The van der Waals surface area contributed by atoms with E-state index in [1.807, 2.05) is 0 Å². The Morgan fingerprint density at radius 3 is 2.50 bits per heavy atom. The lowest BCUT2D eigenvalue weighted by Crippen LogP contribution is -2.28. The zero-order chi connectivity index (χ0) is 13.5. The number of aryl methyl sites for hydroxylation is 1. The summed E-state index contributed by atoms with van der Waals surface area (Å²) in [6.07, 6.45) is 2.14. The summed E-state index contributed by atoms with van der Waals surface area (Å²) in [6, 6.07) is 4.25. The zero-order valence-electron chi connectivity index (χ0n) is 12.0. The average molecular weight is 269 g/mol. The average Bonchev–Trinajstić information content (AvgIpc) is 2.35. The largest absolute Gasteiger partial charge is 0.357 e. The van der Waals surface area contributed by atoms with Gasteiger partial charge in [-0.3, -0.25) is 0 Å². The molecule has 2 nitrogen and oxygen atoms in total. The van der Waals surface area contributed by atoms with E-state index in [1.165, 1.54) is 5.56 Å². The van der Waals surface area contributed by atoms with Gasteiger partial charge in [0, 0.05) is 24.7 Å². The number of nitrogens with zero attached hydrogens (tertiary/aromatic N) is 2. The lowest BCUT2D eigenvalue weighted by molar-refractivity contribution is 0.613. The van der Waals surface area contributed by atoms with Crippen LogP contribution in [0.25, 0.3) is 0 Å². The van der Waals surface area contributed by atoms with Crippen molar-refractivity contribution < 1.29 is 0 Å². The fourth-order valence-corrected chi connectivity index (χ4v) is 2.24. The van der Waals surface area contributed by atoms with Crippen LogP contribution in [-0.2, 0) is 12.3 Å². The smallest absolute Gasteiger partial charge is 0.129 e. The zero-order valence-corrected chi connectivity index (χ0v) is 12.8. The second-order valence-corrected chi connectivity index (χ2v) is 5.41. The number of pyridine rings is 1. The molecule has 0 aliphatic carbocycles. The highest BCUT2D eigenvalue weighted by Crippen LogP contribution is 2.18. The molecular weight excluding hydrogens is 244 g/mol. The Morgan fingerprint density at radius 1 is 1.28 bits per heavy atom. The lowest BCUT2D eigenvalue weighted by atomic mass is 10.1. The summed E-state index contributed by atoms with van der Waals surface area (Å²) in [7, 11) is 0. The molecule has 102 valence electrons. The fraction of sp³-hybridized carbons (Fsp3) is 0.667. The quantitative estimate of drug-likeness (QED) is 0.687. The van der Waals surface area contributed by atoms with E-state index in [4.69, 9.17) is 16.6 Å². The Hall–Kier alpha value is -0.760. The predicted molar refractivity (Wildman–Crippen MR) is 80.5 cm³/mol. The fourth-order valence-electron chi connectivity index (χ4n) is 2.08. The van der Waals surface area contributed by atoms with Crippen molar-refractivity contribution in [3.8, 4) is 0 Å². The number of hydrogen-bond acceptors (Lipinski definition) is 2. The van der Waals surface area contributed by atoms with Crippen molar-refractivity contribution in [3.05, 3.63) is 23.4 Å². The van der Waals surface area contributed by atoms with Crippen molar-refractivity contribution in [2.75, 3.05) is 18.0 Å². The minimum absolute atomic E-state index is 0.561. The molecule has 0 spiro atoms. The Bertz CT molecular complexity index is 364. The third-order valence-corrected chi connectivity index (χ3v) is 3.18. The van der Waals surface area contributed by atoms with Crippen LogP contribution in [0.2, 0.25) is 0 Å². The highest BCUT2D eigenvalue weighted by Gasteiger charge is 2.10. The maximum absolute atomic E-state index is 5.98. The van der Waals surface area contributed by atoms with E-state index in [1.54, 1.807) is 0 Å². The van der Waals surface area contributed by atoms with E-state index >= 15 is 0 Å². The summed E-state index contributed by atoms with van der Waals surface area (Å²) in [5, 5.41) is 0. The van der Waals surface area contributed by atoms with Crippen LogP contribution in [0.15, 0.2) is 12.1 Å². The summed E-state index contributed by atoms with van der Waals surface area (Å²) in [6.45, 7) is 10.9. The summed E-state index contributed by atoms with van der Waals surface area (Å²) in [4.78, 5) is 7.10. The van der Waals surface area contributed by atoms with Gasteiger partial charge in [-0.2, -0.15) is 0 Å². The molecule has 0 N–H and O–H groups in total. The van der Waals surface area contributed by atoms with Gasteiger partial charge in [0.05, 0.1) is 0 Å². The number of aromatic nitrogens is 1. The van der Waals surface area contributed by atoms with E-state index in [0.717, 1.165) is 37.4 Å². The first-order valence-electron chi connectivity index (χ1n) is 6.91. The summed E-state index contributed by atoms with van der Waals surface area (Å²) >= 11 is 5.98. The van der Waals surface area contributed by atoms with Gasteiger partial charge in [0.15, 0.2) is 0 Å². The number of anilines is 1. The Labute approximate surface area is 116 Å². The molecule has 0 saturated heterocycles.